The van der Waals surface area contributed by atoms with Crippen LogP contribution < -0.4 is 18.3 Å². The summed E-state index contributed by atoms with van der Waals surface area (Å²) in [4.78, 5) is 18.6. The van der Waals surface area contributed by atoms with Crippen LogP contribution in [0.15, 0.2) is 219 Å². The van der Waals surface area contributed by atoms with Crippen molar-refractivity contribution in [2.75, 3.05) is 0 Å². The second-order valence-electron chi connectivity index (χ2n) is 23.6. The summed E-state index contributed by atoms with van der Waals surface area (Å²) >= 11 is 0. The quantitative estimate of drug-likeness (QED) is 0.122. The number of pyridine rings is 4. The molecule has 16 nitrogen and oxygen atoms in total. The zero-order valence-corrected chi connectivity index (χ0v) is 56.9. The van der Waals surface area contributed by atoms with Gasteiger partial charge in [0.25, 0.3) is 0 Å². The van der Waals surface area contributed by atoms with Gasteiger partial charge in [0.2, 0.25) is 40.2 Å². The maximum atomic E-state index is 7.67. The van der Waals surface area contributed by atoms with Crippen molar-refractivity contribution < 1.29 is 55.1 Å². The van der Waals surface area contributed by atoms with Crippen molar-refractivity contribution in [2.24, 2.45) is 56.4 Å². The predicted molar refractivity (Wildman–Crippen MR) is 363 cm³/mol. The van der Waals surface area contributed by atoms with Crippen molar-refractivity contribution in [1.29, 1.82) is 0 Å². The Hall–Kier alpha value is -10.4. The van der Waals surface area contributed by atoms with E-state index in [1.807, 2.05) is 101 Å². The van der Waals surface area contributed by atoms with Crippen LogP contribution in [0.25, 0.3) is 124 Å². The molecule has 0 aliphatic rings. The minimum atomic E-state index is -2.22. The van der Waals surface area contributed by atoms with E-state index in [9.17, 15) is 0 Å². The number of fused-ring (bicyclic) bond motifs is 10. The van der Waals surface area contributed by atoms with E-state index >= 15 is 0 Å². The topological polar surface area (TPSA) is 104 Å². The fourth-order valence-corrected chi connectivity index (χ4v) is 12.4. The van der Waals surface area contributed by atoms with Crippen molar-refractivity contribution >= 4 is 56.2 Å². The van der Waals surface area contributed by atoms with Gasteiger partial charge in [0.15, 0.2) is 24.3 Å². The summed E-state index contributed by atoms with van der Waals surface area (Å²) < 4.78 is 48.1. The van der Waals surface area contributed by atoms with Gasteiger partial charge < -0.3 is 18.3 Å². The molecule has 0 amide bonds. The summed E-state index contributed by atoms with van der Waals surface area (Å²) in [6, 6.07) is 64.4. The number of benzene rings is 5. The fourth-order valence-electron chi connectivity index (χ4n) is 12.4. The molecular weight excluding hydrogens is 1230 g/mol. The zero-order valence-electron chi connectivity index (χ0n) is 57.0. The Labute approximate surface area is 569 Å². The maximum Gasteiger partial charge on any atom is 0.230 e. The van der Waals surface area contributed by atoms with Crippen LogP contribution in [0.5, 0.6) is 0 Å². The molecule has 12 aromatic heterocycles. The molecule has 17 aromatic rings. The molecule has 0 saturated carbocycles. The number of aromatic nitrogens is 16. The van der Waals surface area contributed by atoms with E-state index in [-0.39, 0.29) is 38.4 Å². The number of imidazole rings is 8. The molecule has 0 atom stereocenters. The molecule has 0 aliphatic heterocycles. The summed E-state index contributed by atoms with van der Waals surface area (Å²) in [5, 5.41) is 0. The van der Waals surface area contributed by atoms with Gasteiger partial charge in [0, 0.05) is 131 Å². The Morgan fingerprint density at radius 3 is 1.42 bits per heavy atom. The van der Waals surface area contributed by atoms with Gasteiger partial charge in [0.1, 0.15) is 57.2 Å². The number of aryl methyl sites for hydroxylation is 12. The average Bonchev–Trinajstić information content (AvgIpc) is 1.60. The summed E-state index contributed by atoms with van der Waals surface area (Å²) in [6.07, 6.45) is 16.7. The molecule has 0 N–H and O–H groups in total. The van der Waals surface area contributed by atoms with Gasteiger partial charge in [-0.05, 0) is 86.8 Å². The van der Waals surface area contributed by atoms with E-state index in [1.165, 1.54) is 39.3 Å². The minimum Gasteiger partial charge on any atom is -0.309 e. The van der Waals surface area contributed by atoms with Crippen LogP contribution in [0.2, 0.25) is 0 Å². The van der Waals surface area contributed by atoms with E-state index in [0.717, 1.165) is 90.0 Å². The van der Waals surface area contributed by atoms with Crippen LogP contribution in [0, 0.1) is 39.8 Å². The van der Waals surface area contributed by atoms with Crippen LogP contribution in [0.3, 0.4) is 0 Å². The van der Waals surface area contributed by atoms with Crippen molar-refractivity contribution in [3.05, 3.63) is 254 Å². The van der Waals surface area contributed by atoms with Gasteiger partial charge in [-0.15, -0.1) is 12.1 Å². The first-order chi connectivity index (χ1) is 45.8. The fraction of sp³-hybridized carbons (Fsp3) is 0.158. The third-order valence-electron chi connectivity index (χ3n) is 17.6. The third-order valence-corrected chi connectivity index (χ3v) is 17.6. The maximum absolute atomic E-state index is 7.67. The molecule has 0 saturated heterocycles. The summed E-state index contributed by atoms with van der Waals surface area (Å²) in [6.45, 7) is 3.86. The van der Waals surface area contributed by atoms with Crippen molar-refractivity contribution in [2.45, 2.75) is 27.6 Å². The molecule has 93 heavy (non-hydrogen) atoms. The van der Waals surface area contributed by atoms with Crippen molar-refractivity contribution in [1.82, 2.24) is 55.8 Å². The van der Waals surface area contributed by atoms with Crippen LogP contribution in [-0.2, 0) is 89.1 Å². The molecule has 17 heteroatoms. The van der Waals surface area contributed by atoms with Crippen LogP contribution in [-0.4, -0.2) is 55.8 Å². The SMILES string of the molecule is Cc1cc(-c2cn3c4ccccc4nc3n2C)[n+](C)cc1-c1ccccc1.Cc1cc[n+](C)c(-c2cn3c4ccccc4nc3n2C)c1.Cn1c(-c2cccc[n+]2C)cn2c3ccccc3nc12.[2H]C([2H])([2H])c1nc2n(C)c(-c3cc(-c4[c-]cccc4)[c-]c[n+]3C)cn2c1C.[Y]. The zero-order chi connectivity index (χ0) is 66.1. The standard InChI is InChI=1S/C23H21N4.C20H19N4.C17H17N4.C16H15N4.Y/c1-16-13-21(25(2)14-18(16)17-9-5-4-6-10-17)22-15-27-20-12-8-7-11-19(20)24-23(27)26(22)3;1-14-15(2)24-13-19(23(4)20(24)21-14)18-12-17(10-11-22(18)3)16-8-6-5-7-9-16;1-12-8-9-19(2)15(10-12)16-11-21-14-7-5-4-6-13(14)18-17(21)20(16)3;1-18-10-6-5-9-14(18)15-11-20-13-8-4-3-7-12(13)17-16(20)19(15)2;/h4-15H,1-3H3;5-8,11-13H,1-4H3;4-11H,1-3H3;3-11H,1-2H3;/q+1;-1;2*+1;/i;1D3;;;. The number of rotatable bonds is 6. The van der Waals surface area contributed by atoms with E-state index < -0.39 is 6.85 Å². The second kappa shape index (κ2) is 25.0. The van der Waals surface area contributed by atoms with Crippen molar-refractivity contribution in [3.63, 3.8) is 0 Å². The van der Waals surface area contributed by atoms with Gasteiger partial charge in [-0.2, -0.15) is 31.9 Å². The number of para-hydroxylation sites is 6. The summed E-state index contributed by atoms with van der Waals surface area (Å²) in [5.74, 6) is 3.49. The molecular formula is C76H72N16Y+2. The average molecular weight is 1300 g/mol. The third kappa shape index (κ3) is 11.1. The van der Waals surface area contributed by atoms with E-state index in [4.69, 9.17) is 19.1 Å². The Balaban J connectivity index is 0.000000116. The first-order valence-electron chi connectivity index (χ1n) is 32.0. The Bertz CT molecular complexity index is 5760. The Kier molecular flexibility index (Phi) is 15.5. The monoisotopic (exact) mass is 1300 g/mol. The Morgan fingerprint density at radius 1 is 0.419 bits per heavy atom. The number of nitrogens with zero attached hydrogens (tertiary/aromatic N) is 16. The molecule has 0 bridgehead atoms. The van der Waals surface area contributed by atoms with Gasteiger partial charge in [-0.1, -0.05) is 66.7 Å². The minimum absolute atomic E-state index is 0. The number of hydrogen-bond acceptors (Lipinski definition) is 4. The smallest absolute Gasteiger partial charge is 0.230 e. The van der Waals surface area contributed by atoms with Gasteiger partial charge >= 0.3 is 0 Å². The van der Waals surface area contributed by atoms with E-state index in [1.54, 1.807) is 6.92 Å². The summed E-state index contributed by atoms with van der Waals surface area (Å²) in [5.41, 5.74) is 23.1. The molecule has 17 rings (SSSR count). The van der Waals surface area contributed by atoms with E-state index in [0.29, 0.717) is 11.5 Å². The van der Waals surface area contributed by atoms with Gasteiger partial charge in [-0.25, -0.2) is 36.6 Å². The normalized spacial score (nSPS) is 12.0. The molecule has 12 heterocycles. The van der Waals surface area contributed by atoms with E-state index in [2.05, 4.69) is 260 Å². The predicted octanol–water partition coefficient (Wildman–Crippen LogP) is 12.3. The van der Waals surface area contributed by atoms with Gasteiger partial charge in [-0.3, -0.25) is 28.7 Å². The summed E-state index contributed by atoms with van der Waals surface area (Å²) in [7, 11) is 16.3. The molecule has 0 fully saturated rings. The van der Waals surface area contributed by atoms with Crippen molar-refractivity contribution in [3.8, 4) is 67.8 Å². The molecule has 1 radical (unpaired) electrons. The van der Waals surface area contributed by atoms with Crippen LogP contribution in [0.1, 0.15) is 26.6 Å². The molecule has 0 spiro atoms. The first kappa shape index (κ1) is 57.7. The molecule has 0 unspecified atom stereocenters. The molecule has 457 valence electrons. The molecule has 5 aromatic carbocycles. The molecule has 0 aliphatic carbocycles. The second-order valence-corrected chi connectivity index (χ2v) is 23.6. The van der Waals surface area contributed by atoms with Gasteiger partial charge in [0.05, 0.1) is 38.8 Å². The largest absolute Gasteiger partial charge is 0.309 e. The Morgan fingerprint density at radius 2 is 0.892 bits per heavy atom. The first-order valence-corrected chi connectivity index (χ1v) is 30.5. The van der Waals surface area contributed by atoms with Crippen LogP contribution >= 0.6 is 0 Å². The van der Waals surface area contributed by atoms with Crippen LogP contribution in [0.4, 0.5) is 0 Å². The number of hydrogen-bond donors (Lipinski definition) is 0.